The van der Waals surface area contributed by atoms with Gasteiger partial charge in [0, 0.05) is 0 Å². The van der Waals surface area contributed by atoms with Crippen molar-refractivity contribution in [3.05, 3.63) is 35.8 Å². The highest BCUT2D eigenvalue weighted by atomic mass is 32.2. The van der Waals surface area contributed by atoms with Gasteiger partial charge in [0.05, 0.1) is 4.91 Å². The summed E-state index contributed by atoms with van der Waals surface area (Å²) in [5, 5.41) is 0. The molecule has 0 radical (unpaired) electrons. The van der Waals surface area contributed by atoms with Gasteiger partial charge in [0.1, 0.15) is 0 Å². The number of thiol groups is 1. The molecular formula is C7H10O2S. The van der Waals surface area contributed by atoms with Crippen LogP contribution in [0.5, 0.6) is 0 Å². The van der Waals surface area contributed by atoms with Crippen molar-refractivity contribution in [1.82, 2.24) is 0 Å². The van der Waals surface area contributed by atoms with E-state index < -0.39 is 10.7 Å². The molecule has 56 valence electrons. The highest BCUT2D eigenvalue weighted by molar-refractivity contribution is 7.77. The molecule has 0 aromatic carbocycles. The van der Waals surface area contributed by atoms with E-state index in [1.54, 1.807) is 13.0 Å². The molecule has 0 aromatic heterocycles. The third-order valence-electron chi connectivity index (χ3n) is 0.837. The Bertz CT molecular complexity index is 226. The Hall–Kier alpha value is -0.830. The molecule has 0 bridgehead atoms. The number of hydrogen-bond donors (Lipinski definition) is 1. The summed E-state index contributed by atoms with van der Waals surface area (Å²) in [7, 11) is -2.47. The van der Waals surface area contributed by atoms with Crippen LogP contribution in [0.15, 0.2) is 35.8 Å². The van der Waals surface area contributed by atoms with Gasteiger partial charge in [0.15, 0.2) is 10.7 Å². The van der Waals surface area contributed by atoms with Gasteiger partial charge in [-0.05, 0) is 19.1 Å². The van der Waals surface area contributed by atoms with Crippen LogP contribution < -0.4 is 0 Å². The normalized spacial score (nSPS) is 12.8. The first-order valence-electron chi connectivity index (χ1n) is 2.82. The Morgan fingerprint density at radius 3 is 2.40 bits per heavy atom. The van der Waals surface area contributed by atoms with E-state index in [-0.39, 0.29) is 4.91 Å². The third kappa shape index (κ3) is 3.25. The van der Waals surface area contributed by atoms with Gasteiger partial charge in [0.25, 0.3) is 0 Å². The van der Waals surface area contributed by atoms with E-state index in [1.807, 2.05) is 0 Å². The van der Waals surface area contributed by atoms with E-state index >= 15 is 0 Å². The summed E-state index contributed by atoms with van der Waals surface area (Å²) < 4.78 is 20.7. The Morgan fingerprint density at radius 2 is 2.10 bits per heavy atom. The van der Waals surface area contributed by atoms with Gasteiger partial charge in [-0.15, -0.1) is 0 Å². The van der Waals surface area contributed by atoms with E-state index in [2.05, 4.69) is 6.58 Å². The van der Waals surface area contributed by atoms with Crippen molar-refractivity contribution in [1.29, 1.82) is 0 Å². The average molecular weight is 158 g/mol. The lowest BCUT2D eigenvalue weighted by Crippen LogP contribution is -1.78. The number of hydrogen-bond acceptors (Lipinski definition) is 2. The Balaban J connectivity index is 4.58. The maximum atomic E-state index is 10.3. The summed E-state index contributed by atoms with van der Waals surface area (Å²) in [4.78, 5) is 0.285. The van der Waals surface area contributed by atoms with Crippen molar-refractivity contribution >= 4 is 10.7 Å². The molecule has 0 aliphatic carbocycles. The van der Waals surface area contributed by atoms with Crippen LogP contribution >= 0.6 is 0 Å². The molecule has 0 aromatic rings. The van der Waals surface area contributed by atoms with Crippen LogP contribution in [0, 0.1) is 0 Å². The monoisotopic (exact) mass is 158 g/mol. The molecule has 10 heavy (non-hydrogen) atoms. The summed E-state index contributed by atoms with van der Waals surface area (Å²) in [5.41, 5.74) is 0. The molecule has 0 rings (SSSR count). The molecule has 0 amide bonds. The third-order valence-corrected chi connectivity index (χ3v) is 1.56. The molecule has 0 N–H and O–H groups in total. The molecule has 0 saturated carbocycles. The average Bonchev–Trinajstić information content (AvgIpc) is 1.87. The lowest BCUT2D eigenvalue weighted by molar-refractivity contribution is 0.620. The lowest BCUT2D eigenvalue weighted by Gasteiger charge is -1.84. The molecular weight excluding hydrogens is 148 g/mol. The predicted octanol–water partition coefficient (Wildman–Crippen LogP) is 1.24. The zero-order valence-corrected chi connectivity index (χ0v) is 6.67. The molecule has 0 heterocycles. The van der Waals surface area contributed by atoms with Gasteiger partial charge in [0.2, 0.25) is 0 Å². The van der Waals surface area contributed by atoms with Gasteiger partial charge >= 0.3 is 0 Å². The zero-order valence-electron chi connectivity index (χ0n) is 5.78. The van der Waals surface area contributed by atoms with Crippen molar-refractivity contribution in [2.75, 3.05) is 0 Å². The topological polar surface area (TPSA) is 34.1 Å². The van der Waals surface area contributed by atoms with Gasteiger partial charge in [-0.2, -0.15) is 0 Å². The quantitative estimate of drug-likeness (QED) is 0.495. The number of allylic oxidation sites excluding steroid dienone is 4. The Morgan fingerprint density at radius 1 is 1.50 bits per heavy atom. The van der Waals surface area contributed by atoms with Crippen LogP contribution in [-0.4, -0.2) is 8.42 Å². The van der Waals surface area contributed by atoms with Crippen LogP contribution in [0.1, 0.15) is 6.92 Å². The predicted molar refractivity (Wildman–Crippen MR) is 43.4 cm³/mol. The van der Waals surface area contributed by atoms with Gasteiger partial charge in [-0.1, -0.05) is 18.7 Å². The second-order valence-corrected chi connectivity index (χ2v) is 2.61. The minimum absolute atomic E-state index is 0.285. The van der Waals surface area contributed by atoms with Crippen molar-refractivity contribution in [2.45, 2.75) is 6.92 Å². The van der Waals surface area contributed by atoms with Crippen LogP contribution in [0.4, 0.5) is 0 Å². The fraction of sp³-hybridized carbons (Fsp3) is 0.143. The van der Waals surface area contributed by atoms with E-state index in [4.69, 9.17) is 0 Å². The molecule has 0 spiro atoms. The Labute approximate surface area is 62.5 Å². The first-order chi connectivity index (χ1) is 4.72. The molecule has 0 saturated heterocycles. The summed E-state index contributed by atoms with van der Waals surface area (Å²) in [6.07, 6.45) is 6.08. The van der Waals surface area contributed by atoms with Crippen LogP contribution in [0.25, 0.3) is 0 Å². The SMILES string of the molecule is C=C/C=C(\C=C/C)[SH](=O)=O. The molecule has 0 atom stereocenters. The summed E-state index contributed by atoms with van der Waals surface area (Å²) in [6.45, 7) is 5.15. The van der Waals surface area contributed by atoms with E-state index in [9.17, 15) is 8.42 Å². The molecule has 3 heteroatoms. The first-order valence-corrected chi connectivity index (χ1v) is 4.00. The summed E-state index contributed by atoms with van der Waals surface area (Å²) in [5.74, 6) is 0. The van der Waals surface area contributed by atoms with Crippen LogP contribution in [0.3, 0.4) is 0 Å². The molecule has 0 unspecified atom stereocenters. The minimum atomic E-state index is -2.47. The van der Waals surface area contributed by atoms with Gasteiger partial charge in [-0.3, -0.25) is 0 Å². The summed E-state index contributed by atoms with van der Waals surface area (Å²) in [6, 6.07) is 0. The maximum Gasteiger partial charge on any atom is 0.168 e. The fourth-order valence-corrected chi connectivity index (χ4v) is 0.967. The highest BCUT2D eigenvalue weighted by Crippen LogP contribution is 1.96. The van der Waals surface area contributed by atoms with Crippen LogP contribution in [-0.2, 0) is 10.7 Å². The van der Waals surface area contributed by atoms with Crippen molar-refractivity contribution in [3.8, 4) is 0 Å². The van der Waals surface area contributed by atoms with Crippen molar-refractivity contribution in [2.24, 2.45) is 0 Å². The van der Waals surface area contributed by atoms with Crippen molar-refractivity contribution < 1.29 is 8.42 Å². The number of rotatable bonds is 3. The Kier molecular flexibility index (Phi) is 4.58. The zero-order chi connectivity index (χ0) is 7.98. The van der Waals surface area contributed by atoms with E-state index in [0.717, 1.165) is 0 Å². The highest BCUT2D eigenvalue weighted by Gasteiger charge is 1.88. The van der Waals surface area contributed by atoms with Gasteiger partial charge < -0.3 is 0 Å². The smallest absolute Gasteiger partial charge is 0.168 e. The van der Waals surface area contributed by atoms with Crippen LogP contribution in [0.2, 0.25) is 0 Å². The second-order valence-electron chi connectivity index (χ2n) is 1.58. The minimum Gasteiger partial charge on any atom is -0.227 e. The largest absolute Gasteiger partial charge is 0.227 e. The maximum absolute atomic E-state index is 10.3. The molecule has 2 nitrogen and oxygen atoms in total. The fourth-order valence-electron chi connectivity index (χ4n) is 0.469. The van der Waals surface area contributed by atoms with Crippen molar-refractivity contribution in [3.63, 3.8) is 0 Å². The molecule has 0 fully saturated rings. The standard InChI is InChI=1S/C7H10O2S/c1-3-5-7(6-4-2)10(8)9/h3-6,10H,1H2,2H3/b6-4-,7-5+. The summed E-state index contributed by atoms with van der Waals surface area (Å²) >= 11 is 0. The van der Waals surface area contributed by atoms with E-state index in [0.29, 0.717) is 0 Å². The molecule has 0 aliphatic rings. The molecule has 0 aliphatic heterocycles. The first kappa shape index (κ1) is 9.17. The lowest BCUT2D eigenvalue weighted by atomic mass is 10.4. The van der Waals surface area contributed by atoms with Gasteiger partial charge in [-0.25, -0.2) is 8.42 Å². The van der Waals surface area contributed by atoms with E-state index in [1.165, 1.54) is 18.2 Å². The second kappa shape index (κ2) is 4.99.